The van der Waals surface area contributed by atoms with E-state index in [2.05, 4.69) is 0 Å². The van der Waals surface area contributed by atoms with Crippen LogP contribution in [0.25, 0.3) is 0 Å². The summed E-state index contributed by atoms with van der Waals surface area (Å²) in [5.41, 5.74) is -0.499. The van der Waals surface area contributed by atoms with Gasteiger partial charge in [0.1, 0.15) is 11.6 Å². The summed E-state index contributed by atoms with van der Waals surface area (Å²) in [7, 11) is -3.97. The first-order valence-electron chi connectivity index (χ1n) is 6.98. The van der Waals surface area contributed by atoms with Crippen LogP contribution in [-0.4, -0.2) is 35.9 Å². The lowest BCUT2D eigenvalue weighted by Crippen LogP contribution is -2.38. The third kappa shape index (κ3) is 2.40. The highest BCUT2D eigenvalue weighted by molar-refractivity contribution is 7.88. The monoisotopic (exact) mass is 331 g/mol. The summed E-state index contributed by atoms with van der Waals surface area (Å²) in [6.07, 6.45) is 1.33. The minimum absolute atomic E-state index is 0.263. The minimum atomic E-state index is -3.97. The van der Waals surface area contributed by atoms with Crippen LogP contribution >= 0.6 is 0 Å². The third-order valence-corrected chi connectivity index (χ3v) is 6.36. The van der Waals surface area contributed by atoms with Crippen LogP contribution in [0.2, 0.25) is 0 Å². The topological polar surface area (TPSA) is 74.7 Å². The van der Waals surface area contributed by atoms with E-state index < -0.39 is 50.9 Å². The highest BCUT2D eigenvalue weighted by atomic mass is 32.2. The molecule has 0 aliphatic carbocycles. The van der Waals surface area contributed by atoms with Crippen molar-refractivity contribution in [2.24, 2.45) is 5.92 Å². The summed E-state index contributed by atoms with van der Waals surface area (Å²) in [5, 5.41) is 9.16. The number of carboxylic acid groups (broad SMARTS) is 1. The molecule has 2 aliphatic rings. The molecule has 0 aromatic heterocycles. The fourth-order valence-corrected chi connectivity index (χ4v) is 5.67. The van der Waals surface area contributed by atoms with Crippen molar-refractivity contribution in [1.82, 2.24) is 4.31 Å². The van der Waals surface area contributed by atoms with Gasteiger partial charge in [-0.15, -0.1) is 0 Å². The molecule has 2 bridgehead atoms. The number of fused-ring (bicyclic) bond motifs is 2. The van der Waals surface area contributed by atoms with Gasteiger partial charge in [0.25, 0.3) is 0 Å². The van der Waals surface area contributed by atoms with Crippen LogP contribution in [0.15, 0.2) is 18.2 Å². The Morgan fingerprint density at radius 2 is 1.91 bits per heavy atom. The molecule has 0 spiro atoms. The first-order valence-corrected chi connectivity index (χ1v) is 8.59. The summed E-state index contributed by atoms with van der Waals surface area (Å²) in [4.78, 5) is 11.2. The van der Waals surface area contributed by atoms with Crippen LogP contribution in [0, 0.1) is 17.6 Å². The summed E-state index contributed by atoms with van der Waals surface area (Å²) in [6.45, 7) is 0. The van der Waals surface area contributed by atoms with Gasteiger partial charge < -0.3 is 5.11 Å². The Balaban J connectivity index is 1.90. The van der Waals surface area contributed by atoms with Gasteiger partial charge in [-0.25, -0.2) is 17.2 Å². The predicted octanol–water partition coefficient (Wildman–Crippen LogP) is 1.73. The Labute approximate surface area is 126 Å². The van der Waals surface area contributed by atoms with Crippen molar-refractivity contribution in [2.75, 3.05) is 0 Å². The predicted molar refractivity (Wildman–Crippen MR) is 73.4 cm³/mol. The van der Waals surface area contributed by atoms with Crippen molar-refractivity contribution in [3.8, 4) is 0 Å². The van der Waals surface area contributed by atoms with Gasteiger partial charge in [0.2, 0.25) is 10.0 Å². The van der Waals surface area contributed by atoms with E-state index in [1.807, 2.05) is 0 Å². The molecule has 2 fully saturated rings. The number of hydrogen-bond acceptors (Lipinski definition) is 3. The molecule has 3 rings (SSSR count). The summed E-state index contributed by atoms with van der Waals surface area (Å²) in [5.74, 6) is -4.37. The number of hydrogen-bond donors (Lipinski definition) is 1. The van der Waals surface area contributed by atoms with Gasteiger partial charge in [0.05, 0.1) is 11.7 Å². The van der Waals surface area contributed by atoms with E-state index in [0.717, 1.165) is 16.4 Å². The SMILES string of the molecule is O=C(O)C1CC2CCC1N2S(=O)(=O)Cc1c(F)cccc1F. The Hall–Kier alpha value is -1.54. The van der Waals surface area contributed by atoms with Crippen LogP contribution in [0.4, 0.5) is 8.78 Å². The second-order valence-electron chi connectivity index (χ2n) is 5.77. The Bertz CT molecular complexity index is 701. The molecular formula is C14H15F2NO4S. The zero-order valence-electron chi connectivity index (χ0n) is 11.6. The highest BCUT2D eigenvalue weighted by Crippen LogP contribution is 2.44. The zero-order chi connectivity index (χ0) is 16.1. The van der Waals surface area contributed by atoms with Crippen molar-refractivity contribution in [3.05, 3.63) is 35.4 Å². The van der Waals surface area contributed by atoms with E-state index in [0.29, 0.717) is 12.8 Å². The van der Waals surface area contributed by atoms with E-state index >= 15 is 0 Å². The van der Waals surface area contributed by atoms with Crippen molar-refractivity contribution >= 4 is 16.0 Å². The molecule has 8 heteroatoms. The lowest BCUT2D eigenvalue weighted by molar-refractivity contribution is -0.142. The van der Waals surface area contributed by atoms with Crippen LogP contribution in [0.3, 0.4) is 0 Å². The molecule has 2 heterocycles. The number of sulfonamides is 1. The van der Waals surface area contributed by atoms with Gasteiger partial charge >= 0.3 is 5.97 Å². The van der Waals surface area contributed by atoms with Gasteiger partial charge in [-0.05, 0) is 31.4 Å². The Kier molecular flexibility index (Phi) is 3.68. The molecule has 1 N–H and O–H groups in total. The molecule has 120 valence electrons. The molecule has 3 atom stereocenters. The smallest absolute Gasteiger partial charge is 0.308 e. The number of carboxylic acids is 1. The molecule has 5 nitrogen and oxygen atoms in total. The van der Waals surface area contributed by atoms with Gasteiger partial charge in [-0.3, -0.25) is 4.79 Å². The first kappa shape index (κ1) is 15.4. The van der Waals surface area contributed by atoms with Gasteiger partial charge in [-0.2, -0.15) is 4.31 Å². The molecule has 22 heavy (non-hydrogen) atoms. The fraction of sp³-hybridized carbons (Fsp3) is 0.500. The molecule has 2 saturated heterocycles. The molecule has 1 aromatic carbocycles. The average molecular weight is 331 g/mol. The number of halogens is 2. The van der Waals surface area contributed by atoms with E-state index in [4.69, 9.17) is 5.11 Å². The number of carbonyl (C=O) groups is 1. The second kappa shape index (κ2) is 5.27. The summed E-state index contributed by atoms with van der Waals surface area (Å²) in [6, 6.07) is 2.19. The zero-order valence-corrected chi connectivity index (χ0v) is 12.4. The van der Waals surface area contributed by atoms with Crippen LogP contribution in [0.1, 0.15) is 24.8 Å². The second-order valence-corrected chi connectivity index (χ2v) is 7.64. The van der Waals surface area contributed by atoms with E-state index in [1.165, 1.54) is 6.07 Å². The van der Waals surface area contributed by atoms with Gasteiger partial charge in [0.15, 0.2) is 0 Å². The summed E-state index contributed by atoms with van der Waals surface area (Å²) < 4.78 is 53.6. The maximum Gasteiger partial charge on any atom is 0.308 e. The molecule has 1 aromatic rings. The first-order chi connectivity index (χ1) is 10.3. The lowest BCUT2D eigenvalue weighted by Gasteiger charge is -2.22. The Morgan fingerprint density at radius 3 is 2.45 bits per heavy atom. The molecular weight excluding hydrogens is 316 g/mol. The number of nitrogens with zero attached hydrogens (tertiary/aromatic N) is 1. The Morgan fingerprint density at radius 1 is 1.27 bits per heavy atom. The minimum Gasteiger partial charge on any atom is -0.481 e. The average Bonchev–Trinajstić information content (AvgIpc) is 3.01. The van der Waals surface area contributed by atoms with E-state index in [-0.39, 0.29) is 12.5 Å². The van der Waals surface area contributed by atoms with Crippen LogP contribution in [-0.2, 0) is 20.6 Å². The van der Waals surface area contributed by atoms with Crippen molar-refractivity contribution in [2.45, 2.75) is 37.1 Å². The van der Waals surface area contributed by atoms with Crippen LogP contribution in [0.5, 0.6) is 0 Å². The number of benzene rings is 1. The molecule has 0 radical (unpaired) electrons. The number of rotatable bonds is 4. The third-order valence-electron chi connectivity index (χ3n) is 4.50. The van der Waals surface area contributed by atoms with Crippen molar-refractivity contribution < 1.29 is 27.1 Å². The van der Waals surface area contributed by atoms with Crippen LogP contribution < -0.4 is 0 Å². The van der Waals surface area contributed by atoms with Crippen molar-refractivity contribution in [1.29, 1.82) is 0 Å². The standard InChI is InChI=1S/C14H15F2NO4S/c15-11-2-1-3-12(16)10(11)7-22(20,21)17-8-4-5-13(17)9(6-8)14(18)19/h1-3,8-9,13H,4-7H2,(H,18,19). The normalized spacial score (nSPS) is 28.2. The fourth-order valence-electron chi connectivity index (χ4n) is 3.56. The quantitative estimate of drug-likeness (QED) is 0.912. The lowest BCUT2D eigenvalue weighted by atomic mass is 9.89. The maximum atomic E-state index is 13.7. The van der Waals surface area contributed by atoms with E-state index in [1.54, 1.807) is 0 Å². The van der Waals surface area contributed by atoms with Gasteiger partial charge in [0, 0.05) is 17.6 Å². The van der Waals surface area contributed by atoms with Gasteiger partial charge in [-0.1, -0.05) is 6.07 Å². The molecule has 0 amide bonds. The van der Waals surface area contributed by atoms with Crippen molar-refractivity contribution in [3.63, 3.8) is 0 Å². The highest BCUT2D eigenvalue weighted by Gasteiger charge is 2.54. The summed E-state index contributed by atoms with van der Waals surface area (Å²) >= 11 is 0. The number of aliphatic carboxylic acids is 1. The molecule has 3 unspecified atom stereocenters. The largest absolute Gasteiger partial charge is 0.481 e. The molecule has 0 saturated carbocycles. The van der Waals surface area contributed by atoms with E-state index in [9.17, 15) is 22.0 Å². The maximum absolute atomic E-state index is 13.7. The molecule has 2 aliphatic heterocycles.